The van der Waals surface area contributed by atoms with Gasteiger partial charge < -0.3 is 5.32 Å². The largest absolute Gasteiger partial charge is 0.306 e. The molecule has 0 bridgehead atoms. The summed E-state index contributed by atoms with van der Waals surface area (Å²) in [7, 11) is 0. The highest BCUT2D eigenvalue weighted by molar-refractivity contribution is 7.09. The maximum atomic E-state index is 12.1. The molecule has 86 valence electrons. The summed E-state index contributed by atoms with van der Waals surface area (Å²) in [6.07, 6.45) is 1.81. The Morgan fingerprint density at radius 2 is 2.31 bits per heavy atom. The van der Waals surface area contributed by atoms with E-state index < -0.39 is 0 Å². The summed E-state index contributed by atoms with van der Waals surface area (Å²) >= 11 is 1.73. The number of rotatable bonds is 6. The minimum atomic E-state index is -0.371. The van der Waals surface area contributed by atoms with Crippen molar-refractivity contribution in [3.63, 3.8) is 0 Å². The summed E-state index contributed by atoms with van der Waals surface area (Å²) in [4.78, 5) is 1.31. The second-order valence-electron chi connectivity index (χ2n) is 3.44. The molecule has 2 rings (SSSR count). The molecular formula is C11H14FN3S. The lowest BCUT2D eigenvalue weighted by atomic mass is 10.4. The summed E-state index contributed by atoms with van der Waals surface area (Å²) in [5.41, 5.74) is 0.949. The SMILES string of the molecule is FCCn1ccc(CNCc2cccs2)n1. The highest BCUT2D eigenvalue weighted by Gasteiger charge is 1.99. The van der Waals surface area contributed by atoms with Gasteiger partial charge in [0.25, 0.3) is 0 Å². The molecule has 5 heteroatoms. The van der Waals surface area contributed by atoms with Gasteiger partial charge in [0.2, 0.25) is 0 Å². The van der Waals surface area contributed by atoms with Crippen molar-refractivity contribution in [3.8, 4) is 0 Å². The molecule has 16 heavy (non-hydrogen) atoms. The summed E-state index contributed by atoms with van der Waals surface area (Å²) in [6.45, 7) is 1.54. The van der Waals surface area contributed by atoms with Crippen LogP contribution < -0.4 is 5.32 Å². The zero-order valence-electron chi connectivity index (χ0n) is 8.90. The molecule has 0 fully saturated rings. The van der Waals surface area contributed by atoms with Crippen molar-refractivity contribution in [1.29, 1.82) is 0 Å². The number of hydrogen-bond acceptors (Lipinski definition) is 3. The van der Waals surface area contributed by atoms with E-state index in [1.165, 1.54) is 4.88 Å². The molecule has 3 nitrogen and oxygen atoms in total. The summed E-state index contributed by atoms with van der Waals surface area (Å²) in [5, 5.41) is 9.60. The van der Waals surface area contributed by atoms with Crippen molar-refractivity contribution in [1.82, 2.24) is 15.1 Å². The number of alkyl halides is 1. The van der Waals surface area contributed by atoms with Crippen LogP contribution in [0, 0.1) is 0 Å². The van der Waals surface area contributed by atoms with Crippen LogP contribution in [0.1, 0.15) is 10.6 Å². The van der Waals surface area contributed by atoms with Crippen LogP contribution in [0.15, 0.2) is 29.8 Å². The standard InChI is InChI=1S/C11H14FN3S/c12-4-6-15-5-3-10(14-15)8-13-9-11-2-1-7-16-11/h1-3,5,7,13H,4,6,8-9H2. The van der Waals surface area contributed by atoms with E-state index in [-0.39, 0.29) is 6.67 Å². The quantitative estimate of drug-likeness (QED) is 0.837. The lowest BCUT2D eigenvalue weighted by Crippen LogP contribution is -2.12. The third-order valence-electron chi connectivity index (χ3n) is 2.19. The molecule has 1 N–H and O–H groups in total. The number of thiophene rings is 1. The molecule has 2 aromatic rings. The zero-order chi connectivity index (χ0) is 11.2. The van der Waals surface area contributed by atoms with E-state index in [9.17, 15) is 4.39 Å². The van der Waals surface area contributed by atoms with Crippen molar-refractivity contribution in [2.45, 2.75) is 19.6 Å². The van der Waals surface area contributed by atoms with E-state index in [0.29, 0.717) is 6.54 Å². The molecule has 2 aromatic heterocycles. The second kappa shape index (κ2) is 5.77. The van der Waals surface area contributed by atoms with Crippen molar-refractivity contribution in [2.24, 2.45) is 0 Å². The topological polar surface area (TPSA) is 29.9 Å². The first-order valence-corrected chi connectivity index (χ1v) is 6.08. The Kier molecular flexibility index (Phi) is 4.07. The van der Waals surface area contributed by atoms with E-state index in [2.05, 4.69) is 21.9 Å². The highest BCUT2D eigenvalue weighted by atomic mass is 32.1. The lowest BCUT2D eigenvalue weighted by Gasteiger charge is -2.00. The maximum absolute atomic E-state index is 12.1. The smallest absolute Gasteiger partial charge is 0.109 e. The fourth-order valence-corrected chi connectivity index (χ4v) is 2.11. The first-order valence-electron chi connectivity index (χ1n) is 5.20. The van der Waals surface area contributed by atoms with Gasteiger partial charge in [-0.3, -0.25) is 4.68 Å². The number of aromatic nitrogens is 2. The minimum absolute atomic E-state index is 0.338. The van der Waals surface area contributed by atoms with Crippen molar-refractivity contribution < 1.29 is 4.39 Å². The molecule has 0 amide bonds. The van der Waals surface area contributed by atoms with E-state index in [4.69, 9.17) is 0 Å². The molecule has 0 aliphatic heterocycles. The van der Waals surface area contributed by atoms with Crippen LogP contribution in [0.5, 0.6) is 0 Å². The zero-order valence-corrected chi connectivity index (χ0v) is 9.71. The van der Waals surface area contributed by atoms with Crippen LogP contribution >= 0.6 is 11.3 Å². The van der Waals surface area contributed by atoms with Crippen molar-refractivity contribution >= 4 is 11.3 Å². The second-order valence-corrected chi connectivity index (χ2v) is 4.47. The van der Waals surface area contributed by atoms with E-state index in [0.717, 1.165) is 18.8 Å². The number of nitrogens with one attached hydrogen (secondary N) is 1. The van der Waals surface area contributed by atoms with Crippen molar-refractivity contribution in [2.75, 3.05) is 6.67 Å². The van der Waals surface area contributed by atoms with Gasteiger partial charge in [0, 0.05) is 24.2 Å². The molecule has 0 aromatic carbocycles. The first-order chi connectivity index (χ1) is 7.88. The van der Waals surface area contributed by atoms with Gasteiger partial charge in [-0.1, -0.05) is 6.07 Å². The predicted molar refractivity (Wildman–Crippen MR) is 63.1 cm³/mol. The van der Waals surface area contributed by atoms with E-state index in [1.54, 1.807) is 16.0 Å². The number of halogens is 1. The molecule has 0 saturated carbocycles. The van der Waals surface area contributed by atoms with E-state index in [1.807, 2.05) is 18.3 Å². The minimum Gasteiger partial charge on any atom is -0.306 e. The van der Waals surface area contributed by atoms with Gasteiger partial charge in [-0.05, 0) is 17.5 Å². The highest BCUT2D eigenvalue weighted by Crippen LogP contribution is 2.07. The van der Waals surface area contributed by atoms with Gasteiger partial charge in [-0.25, -0.2) is 4.39 Å². The van der Waals surface area contributed by atoms with Crippen LogP contribution in [-0.2, 0) is 19.6 Å². The Morgan fingerprint density at radius 1 is 1.38 bits per heavy atom. The summed E-state index contributed by atoms with van der Waals surface area (Å²) < 4.78 is 13.7. The molecular weight excluding hydrogens is 225 g/mol. The first kappa shape index (κ1) is 11.3. The Hall–Kier alpha value is -1.20. The van der Waals surface area contributed by atoms with Gasteiger partial charge in [0.15, 0.2) is 0 Å². The number of hydrogen-bond donors (Lipinski definition) is 1. The molecule has 0 spiro atoms. The lowest BCUT2D eigenvalue weighted by molar-refractivity contribution is 0.425. The summed E-state index contributed by atoms with van der Waals surface area (Å²) in [6, 6.07) is 6.05. The maximum Gasteiger partial charge on any atom is 0.109 e. The molecule has 0 saturated heterocycles. The normalized spacial score (nSPS) is 10.8. The van der Waals surface area contributed by atoms with Gasteiger partial charge >= 0.3 is 0 Å². The molecule has 0 radical (unpaired) electrons. The van der Waals surface area contributed by atoms with Gasteiger partial charge in [0.05, 0.1) is 12.2 Å². The predicted octanol–water partition coefficient (Wildman–Crippen LogP) is 2.20. The Balaban J connectivity index is 1.76. The molecule has 0 atom stereocenters. The van der Waals surface area contributed by atoms with Crippen LogP contribution in [0.4, 0.5) is 4.39 Å². The van der Waals surface area contributed by atoms with Crippen LogP contribution in [-0.4, -0.2) is 16.5 Å². The number of aryl methyl sites for hydroxylation is 1. The molecule has 0 aliphatic rings. The average Bonchev–Trinajstić information content (AvgIpc) is 2.90. The Labute approximate surface area is 97.9 Å². The third kappa shape index (κ3) is 3.15. The van der Waals surface area contributed by atoms with E-state index >= 15 is 0 Å². The molecule has 0 aliphatic carbocycles. The fraction of sp³-hybridized carbons (Fsp3) is 0.364. The van der Waals surface area contributed by atoms with Crippen LogP contribution in [0.25, 0.3) is 0 Å². The Morgan fingerprint density at radius 3 is 3.06 bits per heavy atom. The average molecular weight is 239 g/mol. The molecule has 2 heterocycles. The third-order valence-corrected chi connectivity index (χ3v) is 3.07. The fourth-order valence-electron chi connectivity index (χ4n) is 1.44. The van der Waals surface area contributed by atoms with Gasteiger partial charge in [0.1, 0.15) is 6.67 Å². The van der Waals surface area contributed by atoms with Crippen LogP contribution in [0.3, 0.4) is 0 Å². The molecule has 0 unspecified atom stereocenters. The monoisotopic (exact) mass is 239 g/mol. The van der Waals surface area contributed by atoms with Crippen LogP contribution in [0.2, 0.25) is 0 Å². The number of nitrogens with zero attached hydrogens (tertiary/aromatic N) is 2. The van der Waals surface area contributed by atoms with Gasteiger partial charge in [-0.2, -0.15) is 5.10 Å². The Bertz CT molecular complexity index is 411. The summed E-state index contributed by atoms with van der Waals surface area (Å²) in [5.74, 6) is 0. The van der Waals surface area contributed by atoms with Gasteiger partial charge in [-0.15, -0.1) is 11.3 Å². The van der Waals surface area contributed by atoms with Crippen molar-refractivity contribution in [3.05, 3.63) is 40.3 Å².